The second-order valence-electron chi connectivity index (χ2n) is 4.81. The molecule has 1 aromatic carbocycles. The minimum absolute atomic E-state index is 0.00894. The SMILES string of the molecule is Cc1cc(CC(=O)O)c2cccc(OC(C)C)c2n1. The van der Waals surface area contributed by atoms with Crippen molar-refractivity contribution < 1.29 is 14.6 Å². The van der Waals surface area contributed by atoms with Gasteiger partial charge < -0.3 is 9.84 Å². The van der Waals surface area contributed by atoms with Crippen molar-refractivity contribution in [1.82, 2.24) is 4.98 Å². The molecule has 0 unspecified atom stereocenters. The number of aliphatic carboxylic acids is 1. The van der Waals surface area contributed by atoms with E-state index in [9.17, 15) is 4.79 Å². The largest absolute Gasteiger partial charge is 0.489 e. The summed E-state index contributed by atoms with van der Waals surface area (Å²) in [5.41, 5.74) is 2.29. The van der Waals surface area contributed by atoms with E-state index >= 15 is 0 Å². The first kappa shape index (κ1) is 13.3. The van der Waals surface area contributed by atoms with Gasteiger partial charge in [0.2, 0.25) is 0 Å². The van der Waals surface area contributed by atoms with Crippen molar-refractivity contribution in [3.63, 3.8) is 0 Å². The smallest absolute Gasteiger partial charge is 0.307 e. The Morgan fingerprint density at radius 3 is 2.79 bits per heavy atom. The standard InChI is InChI=1S/C15H17NO3/c1-9(2)19-13-6-4-5-12-11(8-14(17)18)7-10(3)16-15(12)13/h4-7,9H,8H2,1-3H3,(H,17,18). The van der Waals surface area contributed by atoms with Crippen molar-refractivity contribution in [1.29, 1.82) is 0 Å². The molecule has 0 saturated heterocycles. The van der Waals surface area contributed by atoms with E-state index in [2.05, 4.69) is 4.98 Å². The molecule has 1 heterocycles. The lowest BCUT2D eigenvalue weighted by Crippen LogP contribution is -2.07. The highest BCUT2D eigenvalue weighted by Gasteiger charge is 2.12. The Hall–Kier alpha value is -2.10. The van der Waals surface area contributed by atoms with E-state index in [4.69, 9.17) is 9.84 Å². The van der Waals surface area contributed by atoms with E-state index in [0.29, 0.717) is 5.75 Å². The normalized spacial score (nSPS) is 10.9. The average Bonchev–Trinajstić information content (AvgIpc) is 2.28. The summed E-state index contributed by atoms with van der Waals surface area (Å²) in [5, 5.41) is 9.82. The number of nitrogens with zero attached hydrogens (tertiary/aromatic N) is 1. The number of carbonyl (C=O) groups is 1. The van der Waals surface area contributed by atoms with E-state index in [1.165, 1.54) is 0 Å². The van der Waals surface area contributed by atoms with Gasteiger partial charge in [0.25, 0.3) is 0 Å². The van der Waals surface area contributed by atoms with Crippen LogP contribution in [0.3, 0.4) is 0 Å². The number of hydrogen-bond acceptors (Lipinski definition) is 3. The Morgan fingerprint density at radius 1 is 1.42 bits per heavy atom. The number of aryl methyl sites for hydroxylation is 1. The zero-order valence-corrected chi connectivity index (χ0v) is 11.3. The fourth-order valence-corrected chi connectivity index (χ4v) is 2.09. The zero-order valence-electron chi connectivity index (χ0n) is 11.3. The fraction of sp³-hybridized carbons (Fsp3) is 0.333. The summed E-state index contributed by atoms with van der Waals surface area (Å²) in [7, 11) is 0. The second-order valence-corrected chi connectivity index (χ2v) is 4.81. The Morgan fingerprint density at radius 2 is 2.16 bits per heavy atom. The number of carboxylic acids is 1. The Labute approximate surface area is 112 Å². The molecule has 4 heteroatoms. The van der Waals surface area contributed by atoms with Gasteiger partial charge in [-0.2, -0.15) is 0 Å². The van der Waals surface area contributed by atoms with Gasteiger partial charge in [0, 0.05) is 11.1 Å². The number of aromatic nitrogens is 1. The Balaban J connectivity index is 2.62. The maximum atomic E-state index is 10.9. The third-order valence-corrected chi connectivity index (χ3v) is 2.72. The van der Waals surface area contributed by atoms with E-state index in [0.717, 1.165) is 22.2 Å². The molecule has 0 aliphatic carbocycles. The highest BCUT2D eigenvalue weighted by atomic mass is 16.5. The van der Waals surface area contributed by atoms with Gasteiger partial charge in [-0.1, -0.05) is 12.1 Å². The van der Waals surface area contributed by atoms with Crippen LogP contribution in [0.15, 0.2) is 24.3 Å². The van der Waals surface area contributed by atoms with Crippen molar-refractivity contribution >= 4 is 16.9 Å². The molecule has 0 bridgehead atoms. The van der Waals surface area contributed by atoms with Crippen LogP contribution in [0.5, 0.6) is 5.75 Å². The summed E-state index contributed by atoms with van der Waals surface area (Å²) in [6.45, 7) is 5.76. The summed E-state index contributed by atoms with van der Waals surface area (Å²) in [6, 6.07) is 7.42. The van der Waals surface area contributed by atoms with Crippen molar-refractivity contribution in [2.24, 2.45) is 0 Å². The molecule has 19 heavy (non-hydrogen) atoms. The second kappa shape index (κ2) is 5.26. The average molecular weight is 259 g/mol. The van der Waals surface area contributed by atoms with E-state index < -0.39 is 5.97 Å². The molecule has 0 amide bonds. The molecule has 0 spiro atoms. The van der Waals surface area contributed by atoms with Crippen LogP contribution in [-0.4, -0.2) is 22.2 Å². The fourth-order valence-electron chi connectivity index (χ4n) is 2.09. The van der Waals surface area contributed by atoms with Crippen molar-refractivity contribution in [2.45, 2.75) is 33.3 Å². The van der Waals surface area contributed by atoms with Crippen LogP contribution < -0.4 is 4.74 Å². The molecule has 2 rings (SSSR count). The van der Waals surface area contributed by atoms with Crippen LogP contribution in [0.4, 0.5) is 0 Å². The van der Waals surface area contributed by atoms with Gasteiger partial charge in [-0.15, -0.1) is 0 Å². The molecule has 0 aliphatic heterocycles. The van der Waals surface area contributed by atoms with Crippen LogP contribution in [0, 0.1) is 6.92 Å². The molecule has 100 valence electrons. The van der Waals surface area contributed by atoms with Crippen LogP contribution >= 0.6 is 0 Å². The first-order valence-electron chi connectivity index (χ1n) is 6.25. The maximum absolute atomic E-state index is 10.9. The predicted molar refractivity (Wildman–Crippen MR) is 73.6 cm³/mol. The molecule has 2 aromatic rings. The third kappa shape index (κ3) is 3.02. The molecule has 1 aromatic heterocycles. The highest BCUT2D eigenvalue weighted by Crippen LogP contribution is 2.28. The van der Waals surface area contributed by atoms with Gasteiger partial charge in [0.15, 0.2) is 0 Å². The number of rotatable bonds is 4. The molecular formula is C15H17NO3. The van der Waals surface area contributed by atoms with Crippen LogP contribution in [0.25, 0.3) is 10.9 Å². The molecule has 0 atom stereocenters. The lowest BCUT2D eigenvalue weighted by Gasteiger charge is -2.13. The van der Waals surface area contributed by atoms with Crippen molar-refractivity contribution in [2.75, 3.05) is 0 Å². The van der Waals surface area contributed by atoms with E-state index in [1.54, 1.807) is 0 Å². The van der Waals surface area contributed by atoms with Gasteiger partial charge in [0.05, 0.1) is 12.5 Å². The molecular weight excluding hydrogens is 242 g/mol. The molecule has 4 nitrogen and oxygen atoms in total. The molecule has 1 N–H and O–H groups in total. The summed E-state index contributed by atoms with van der Waals surface area (Å²) >= 11 is 0. The minimum atomic E-state index is -0.845. The quantitative estimate of drug-likeness (QED) is 0.917. The predicted octanol–water partition coefficient (Wildman–Crippen LogP) is 2.96. The Bertz CT molecular complexity index is 620. The molecule has 0 radical (unpaired) electrons. The van der Waals surface area contributed by atoms with Gasteiger partial charge in [0.1, 0.15) is 11.3 Å². The van der Waals surface area contributed by atoms with Gasteiger partial charge in [-0.3, -0.25) is 4.79 Å². The van der Waals surface area contributed by atoms with Crippen LogP contribution in [0.1, 0.15) is 25.1 Å². The first-order valence-corrected chi connectivity index (χ1v) is 6.25. The molecule has 0 saturated carbocycles. The number of hydrogen-bond donors (Lipinski definition) is 1. The van der Waals surface area contributed by atoms with Crippen molar-refractivity contribution in [3.8, 4) is 5.75 Å². The number of benzene rings is 1. The van der Waals surface area contributed by atoms with Gasteiger partial charge in [-0.05, 0) is 38.5 Å². The van der Waals surface area contributed by atoms with Gasteiger partial charge >= 0.3 is 5.97 Å². The number of para-hydroxylation sites is 1. The number of pyridine rings is 1. The molecule has 0 aliphatic rings. The lowest BCUT2D eigenvalue weighted by atomic mass is 10.0. The first-order chi connectivity index (χ1) is 8.97. The highest BCUT2D eigenvalue weighted by molar-refractivity contribution is 5.90. The van der Waals surface area contributed by atoms with Crippen LogP contribution in [-0.2, 0) is 11.2 Å². The Kier molecular flexibility index (Phi) is 3.69. The monoisotopic (exact) mass is 259 g/mol. The maximum Gasteiger partial charge on any atom is 0.307 e. The summed E-state index contributed by atoms with van der Waals surface area (Å²) in [5.74, 6) is -0.148. The molecule has 0 fully saturated rings. The lowest BCUT2D eigenvalue weighted by molar-refractivity contribution is -0.136. The third-order valence-electron chi connectivity index (χ3n) is 2.72. The zero-order chi connectivity index (χ0) is 14.0. The summed E-state index contributed by atoms with van der Waals surface area (Å²) in [4.78, 5) is 15.4. The van der Waals surface area contributed by atoms with Crippen LogP contribution in [0.2, 0.25) is 0 Å². The number of fused-ring (bicyclic) bond motifs is 1. The van der Waals surface area contributed by atoms with Crippen molar-refractivity contribution in [3.05, 3.63) is 35.5 Å². The van der Waals surface area contributed by atoms with E-state index in [-0.39, 0.29) is 12.5 Å². The summed E-state index contributed by atoms with van der Waals surface area (Å²) < 4.78 is 5.73. The van der Waals surface area contributed by atoms with E-state index in [1.807, 2.05) is 45.0 Å². The number of ether oxygens (including phenoxy) is 1. The number of carboxylic acid groups (broad SMARTS) is 1. The summed E-state index contributed by atoms with van der Waals surface area (Å²) in [6.07, 6.45) is 0.0428. The topological polar surface area (TPSA) is 59.4 Å². The minimum Gasteiger partial charge on any atom is -0.489 e. The van der Waals surface area contributed by atoms with Gasteiger partial charge in [-0.25, -0.2) is 4.98 Å².